The van der Waals surface area contributed by atoms with Gasteiger partial charge in [-0.15, -0.1) is 6.58 Å². The molecule has 2 aliphatic rings. The van der Waals surface area contributed by atoms with Gasteiger partial charge in [0, 0.05) is 0 Å². The molecule has 1 saturated heterocycles. The van der Waals surface area contributed by atoms with Crippen molar-refractivity contribution in [1.82, 2.24) is 0 Å². The molecule has 1 aliphatic carbocycles. The Morgan fingerprint density at radius 3 is 2.14 bits per heavy atom. The molecule has 0 amide bonds. The van der Waals surface area contributed by atoms with Gasteiger partial charge in [-0.25, -0.2) is 0 Å². The molecule has 1 heterocycles. The van der Waals surface area contributed by atoms with Crippen molar-refractivity contribution in [3.63, 3.8) is 0 Å². The lowest BCUT2D eigenvalue weighted by Gasteiger charge is -2.37. The maximum absolute atomic E-state index is 6.12. The first-order valence-electron chi connectivity index (χ1n) is 11.7. The molecule has 28 heavy (non-hydrogen) atoms. The van der Waals surface area contributed by atoms with Crippen molar-refractivity contribution in [3.8, 4) is 11.5 Å². The summed E-state index contributed by atoms with van der Waals surface area (Å²) in [5.74, 6) is 4.99. The highest BCUT2D eigenvalue weighted by atomic mass is 28.3. The Morgan fingerprint density at radius 1 is 0.929 bits per heavy atom. The van der Waals surface area contributed by atoms with E-state index in [1.165, 1.54) is 69.9 Å². The zero-order valence-electron chi connectivity index (χ0n) is 17.9. The third-order valence-corrected chi connectivity index (χ3v) is 10.0. The molecule has 3 rings (SSSR count). The SMILES string of the molecule is C=CCCC[C@H]1CC[C@H]([C@H]2CC[Si@H](COc3ccc(OCC)cc3)CC2)CC1. The lowest BCUT2D eigenvalue weighted by atomic mass is 9.73. The number of unbranched alkanes of at least 4 members (excludes halogenated alkanes) is 1. The van der Waals surface area contributed by atoms with Gasteiger partial charge >= 0.3 is 0 Å². The first kappa shape index (κ1) is 21.5. The quantitative estimate of drug-likeness (QED) is 0.244. The summed E-state index contributed by atoms with van der Waals surface area (Å²) in [5.41, 5.74) is 0. The highest BCUT2D eigenvalue weighted by molar-refractivity contribution is 6.58. The molecule has 1 aromatic rings. The Bertz CT molecular complexity index is 554. The van der Waals surface area contributed by atoms with Crippen LogP contribution in [0, 0.1) is 17.8 Å². The van der Waals surface area contributed by atoms with Gasteiger partial charge in [0.1, 0.15) is 11.5 Å². The lowest BCUT2D eigenvalue weighted by molar-refractivity contribution is 0.184. The van der Waals surface area contributed by atoms with E-state index in [2.05, 4.69) is 24.8 Å². The summed E-state index contributed by atoms with van der Waals surface area (Å²) in [6.45, 7) is 6.58. The van der Waals surface area contributed by atoms with Crippen molar-refractivity contribution < 1.29 is 9.47 Å². The number of ether oxygens (including phenoxy) is 2. The molecule has 0 aromatic heterocycles. The summed E-state index contributed by atoms with van der Waals surface area (Å²) in [7, 11) is -0.709. The Kier molecular flexibility index (Phi) is 8.98. The first-order chi connectivity index (χ1) is 13.8. The van der Waals surface area contributed by atoms with E-state index in [9.17, 15) is 0 Å². The zero-order valence-corrected chi connectivity index (χ0v) is 19.1. The molecule has 3 heteroatoms. The number of hydrogen-bond acceptors (Lipinski definition) is 2. The summed E-state index contributed by atoms with van der Waals surface area (Å²) >= 11 is 0. The fourth-order valence-electron chi connectivity index (χ4n) is 5.34. The summed E-state index contributed by atoms with van der Waals surface area (Å²) in [6, 6.07) is 11.1. The monoisotopic (exact) mass is 400 g/mol. The fourth-order valence-corrected chi connectivity index (χ4v) is 8.19. The highest BCUT2D eigenvalue weighted by Crippen LogP contribution is 2.41. The van der Waals surface area contributed by atoms with E-state index in [4.69, 9.17) is 9.47 Å². The first-order valence-corrected chi connectivity index (χ1v) is 14.2. The molecule has 1 saturated carbocycles. The Labute approximate surface area is 174 Å². The molecule has 156 valence electrons. The van der Waals surface area contributed by atoms with Gasteiger partial charge in [0.15, 0.2) is 0 Å². The molecular weight excluding hydrogens is 360 g/mol. The van der Waals surface area contributed by atoms with Crippen LogP contribution in [-0.2, 0) is 0 Å². The molecule has 0 spiro atoms. The molecule has 1 aromatic carbocycles. The van der Waals surface area contributed by atoms with Crippen LogP contribution in [0.4, 0.5) is 0 Å². The third kappa shape index (κ3) is 6.68. The van der Waals surface area contributed by atoms with Crippen molar-refractivity contribution in [3.05, 3.63) is 36.9 Å². The topological polar surface area (TPSA) is 18.5 Å². The number of hydrogen-bond donors (Lipinski definition) is 0. The molecule has 0 unspecified atom stereocenters. The van der Waals surface area contributed by atoms with Gasteiger partial charge in [-0.3, -0.25) is 0 Å². The van der Waals surface area contributed by atoms with Crippen LogP contribution < -0.4 is 9.47 Å². The van der Waals surface area contributed by atoms with Gasteiger partial charge in [0.2, 0.25) is 0 Å². The second kappa shape index (κ2) is 11.7. The van der Waals surface area contributed by atoms with E-state index < -0.39 is 8.80 Å². The lowest BCUT2D eigenvalue weighted by Crippen LogP contribution is -2.32. The largest absolute Gasteiger partial charge is 0.498 e. The van der Waals surface area contributed by atoms with Crippen LogP contribution in [0.25, 0.3) is 0 Å². The van der Waals surface area contributed by atoms with Gasteiger partial charge in [-0.05, 0) is 74.6 Å². The average Bonchev–Trinajstić information content (AvgIpc) is 2.75. The van der Waals surface area contributed by atoms with Gasteiger partial charge in [-0.2, -0.15) is 0 Å². The predicted octanol–water partition coefficient (Wildman–Crippen LogP) is 6.80. The zero-order chi connectivity index (χ0) is 19.6. The summed E-state index contributed by atoms with van der Waals surface area (Å²) in [5, 5.41) is 0. The Hall–Kier alpha value is -1.22. The van der Waals surface area contributed by atoms with E-state index in [0.29, 0.717) is 6.61 Å². The van der Waals surface area contributed by atoms with Crippen LogP contribution in [0.5, 0.6) is 11.5 Å². The molecule has 1 aliphatic heterocycles. The molecule has 0 atom stereocenters. The van der Waals surface area contributed by atoms with Crippen molar-refractivity contribution in [2.45, 2.75) is 76.8 Å². The molecule has 0 bridgehead atoms. The third-order valence-electron chi connectivity index (χ3n) is 7.09. The minimum absolute atomic E-state index is 0.709. The number of allylic oxidation sites excluding steroid dienone is 1. The van der Waals surface area contributed by atoms with Gasteiger partial charge < -0.3 is 9.47 Å². The van der Waals surface area contributed by atoms with Gasteiger partial charge in [0.25, 0.3) is 0 Å². The van der Waals surface area contributed by atoms with Crippen LogP contribution in [0.2, 0.25) is 12.1 Å². The normalized spacial score (nSPS) is 27.9. The molecule has 0 radical (unpaired) electrons. The summed E-state index contributed by atoms with van der Waals surface area (Å²) in [4.78, 5) is 0. The van der Waals surface area contributed by atoms with Crippen molar-refractivity contribution in [1.29, 1.82) is 0 Å². The minimum Gasteiger partial charge on any atom is -0.498 e. The highest BCUT2D eigenvalue weighted by Gasteiger charge is 2.31. The van der Waals surface area contributed by atoms with Crippen LogP contribution in [0.1, 0.15) is 64.7 Å². The Balaban J connectivity index is 1.32. The smallest absolute Gasteiger partial charge is 0.119 e. The molecule has 2 nitrogen and oxygen atoms in total. The Morgan fingerprint density at radius 2 is 1.54 bits per heavy atom. The minimum atomic E-state index is -0.709. The summed E-state index contributed by atoms with van der Waals surface area (Å²) in [6.07, 6.45) is 16.0. The molecular formula is C25H40O2Si. The van der Waals surface area contributed by atoms with Crippen molar-refractivity contribution in [2.24, 2.45) is 17.8 Å². The van der Waals surface area contributed by atoms with E-state index >= 15 is 0 Å². The summed E-state index contributed by atoms with van der Waals surface area (Å²) < 4.78 is 11.6. The van der Waals surface area contributed by atoms with Gasteiger partial charge in [0.05, 0.1) is 21.6 Å². The average molecular weight is 401 g/mol. The van der Waals surface area contributed by atoms with Crippen LogP contribution >= 0.6 is 0 Å². The molecule has 2 fully saturated rings. The fraction of sp³-hybridized carbons (Fsp3) is 0.680. The predicted molar refractivity (Wildman–Crippen MR) is 122 cm³/mol. The second-order valence-electron chi connectivity index (χ2n) is 9.00. The van der Waals surface area contributed by atoms with E-state index in [0.717, 1.165) is 35.5 Å². The second-order valence-corrected chi connectivity index (χ2v) is 12.2. The molecule has 0 N–H and O–H groups in total. The van der Waals surface area contributed by atoms with Crippen LogP contribution in [-0.4, -0.2) is 21.6 Å². The van der Waals surface area contributed by atoms with Crippen LogP contribution in [0.3, 0.4) is 0 Å². The van der Waals surface area contributed by atoms with E-state index in [1.807, 2.05) is 19.1 Å². The number of rotatable bonds is 10. The van der Waals surface area contributed by atoms with Gasteiger partial charge in [-0.1, -0.05) is 50.3 Å². The maximum atomic E-state index is 6.12. The van der Waals surface area contributed by atoms with Crippen molar-refractivity contribution in [2.75, 3.05) is 12.8 Å². The van der Waals surface area contributed by atoms with E-state index in [-0.39, 0.29) is 0 Å². The standard InChI is InChI=1S/C25H40O2Si/c1-3-5-6-7-21-8-10-22(11-9-21)23-16-18-28(19-17-23)20-27-25-14-12-24(13-15-25)26-4-2/h3,12-15,21-23,28H,1,4-11,16-20H2,2H3/t21-,22-,23-,28-. The number of benzene rings is 1. The maximum Gasteiger partial charge on any atom is 0.119 e. The van der Waals surface area contributed by atoms with Crippen LogP contribution in [0.15, 0.2) is 36.9 Å². The van der Waals surface area contributed by atoms with E-state index in [1.54, 1.807) is 0 Å². The van der Waals surface area contributed by atoms with Crippen molar-refractivity contribution >= 4 is 8.80 Å².